The second-order valence-corrected chi connectivity index (χ2v) is 11.0. The molecule has 0 aliphatic carbocycles. The number of esters is 1. The van der Waals surface area contributed by atoms with Crippen LogP contribution >= 0.6 is 23.1 Å². The first-order chi connectivity index (χ1) is 16.5. The lowest BCUT2D eigenvalue weighted by atomic mass is 10.1. The molecule has 1 heterocycles. The van der Waals surface area contributed by atoms with E-state index in [0.29, 0.717) is 5.69 Å². The summed E-state index contributed by atoms with van der Waals surface area (Å²) < 4.78 is 12.5. The van der Waals surface area contributed by atoms with Crippen LogP contribution in [0.15, 0.2) is 46.8 Å². The van der Waals surface area contributed by atoms with Gasteiger partial charge < -0.3 is 20.1 Å². The zero-order valence-electron chi connectivity index (χ0n) is 20.3. The van der Waals surface area contributed by atoms with Crippen LogP contribution in [-0.2, 0) is 24.9 Å². The van der Waals surface area contributed by atoms with Crippen LogP contribution in [0.25, 0.3) is 10.2 Å². The Balaban J connectivity index is 1.68. The maximum Gasteiger partial charge on any atom is 0.308 e. The molecule has 3 aromatic rings. The second kappa shape index (κ2) is 11.5. The van der Waals surface area contributed by atoms with E-state index in [1.165, 1.54) is 18.3 Å². The van der Waals surface area contributed by atoms with Crippen molar-refractivity contribution in [3.05, 3.63) is 48.0 Å². The first-order valence-electron chi connectivity index (χ1n) is 11.0. The van der Waals surface area contributed by atoms with Crippen LogP contribution in [0.4, 0.5) is 5.69 Å². The summed E-state index contributed by atoms with van der Waals surface area (Å²) in [6, 6.07) is 12.2. The number of carbonyl (C=O) groups excluding carboxylic acids is 3. The summed E-state index contributed by atoms with van der Waals surface area (Å²) >= 11 is 3.14. The van der Waals surface area contributed by atoms with Crippen LogP contribution in [0.3, 0.4) is 0 Å². The van der Waals surface area contributed by atoms with E-state index in [4.69, 9.17) is 9.47 Å². The summed E-state index contributed by atoms with van der Waals surface area (Å²) in [4.78, 5) is 41.3. The molecular formula is C25H29N3O5S2. The van der Waals surface area contributed by atoms with Crippen molar-refractivity contribution in [2.24, 2.45) is 0 Å². The van der Waals surface area contributed by atoms with E-state index >= 15 is 0 Å². The van der Waals surface area contributed by atoms with Crippen LogP contribution < -0.4 is 15.4 Å². The lowest BCUT2D eigenvalue weighted by Gasteiger charge is -2.22. The number of nitrogens with zero attached hydrogens (tertiary/aromatic N) is 1. The molecule has 0 aliphatic heterocycles. The highest BCUT2D eigenvalue weighted by Gasteiger charge is 2.26. The summed E-state index contributed by atoms with van der Waals surface area (Å²) in [5.74, 6) is 0.0764. The van der Waals surface area contributed by atoms with Crippen LogP contribution in [0, 0.1) is 0 Å². The van der Waals surface area contributed by atoms with Gasteiger partial charge in [-0.3, -0.25) is 14.4 Å². The Labute approximate surface area is 212 Å². The number of hydrogen-bond acceptors (Lipinski definition) is 8. The number of thioether (sulfide) groups is 1. The molecule has 0 bridgehead atoms. The monoisotopic (exact) mass is 515 g/mol. The number of nitrogens with one attached hydrogen (secondary N) is 2. The second-order valence-electron chi connectivity index (χ2n) is 8.80. The quantitative estimate of drug-likeness (QED) is 0.312. The molecule has 0 saturated heterocycles. The molecule has 0 fully saturated rings. The third kappa shape index (κ3) is 7.97. The molecule has 3 rings (SSSR count). The number of aromatic nitrogens is 1. The van der Waals surface area contributed by atoms with E-state index < -0.39 is 29.4 Å². The molecule has 2 amide bonds. The Kier molecular flexibility index (Phi) is 8.74. The van der Waals surface area contributed by atoms with Gasteiger partial charge in [0.05, 0.1) is 23.7 Å². The van der Waals surface area contributed by atoms with E-state index in [0.717, 1.165) is 31.6 Å². The van der Waals surface area contributed by atoms with Gasteiger partial charge in [-0.15, -0.1) is 11.3 Å². The highest BCUT2D eigenvalue weighted by Crippen LogP contribution is 2.34. The summed E-state index contributed by atoms with van der Waals surface area (Å²) in [6.07, 6.45) is -0.269. The van der Waals surface area contributed by atoms with Crippen molar-refractivity contribution in [3.8, 4) is 5.75 Å². The number of ether oxygens (including phenoxy) is 2. The topological polar surface area (TPSA) is 107 Å². The fourth-order valence-electron chi connectivity index (χ4n) is 3.24. The lowest BCUT2D eigenvalue weighted by Crippen LogP contribution is -2.45. The van der Waals surface area contributed by atoms with Crippen molar-refractivity contribution in [1.29, 1.82) is 0 Å². The largest absolute Gasteiger partial charge is 0.496 e. The van der Waals surface area contributed by atoms with Crippen molar-refractivity contribution in [1.82, 2.24) is 10.3 Å². The highest BCUT2D eigenvalue weighted by atomic mass is 32.2. The van der Waals surface area contributed by atoms with Gasteiger partial charge in [0.25, 0.3) is 0 Å². The molecule has 186 valence electrons. The predicted molar refractivity (Wildman–Crippen MR) is 139 cm³/mol. The Bertz CT molecular complexity index is 1220. The Hall–Kier alpha value is -3.11. The first-order valence-corrected chi connectivity index (χ1v) is 12.8. The van der Waals surface area contributed by atoms with E-state index in [1.54, 1.807) is 45.7 Å². The highest BCUT2D eigenvalue weighted by molar-refractivity contribution is 8.00. The van der Waals surface area contributed by atoms with Gasteiger partial charge in [-0.25, -0.2) is 4.98 Å². The minimum Gasteiger partial charge on any atom is -0.496 e. The van der Waals surface area contributed by atoms with E-state index in [9.17, 15) is 14.4 Å². The Morgan fingerprint density at radius 1 is 1.14 bits per heavy atom. The number of hydrogen-bond donors (Lipinski definition) is 2. The molecule has 0 aliphatic rings. The average Bonchev–Trinajstić information content (AvgIpc) is 3.18. The summed E-state index contributed by atoms with van der Waals surface area (Å²) in [6.45, 7) is 6.52. The molecule has 10 heteroatoms. The minimum absolute atomic E-state index is 0.269. The summed E-state index contributed by atoms with van der Waals surface area (Å²) in [5.41, 5.74) is 1.77. The van der Waals surface area contributed by atoms with Crippen LogP contribution in [-0.4, -0.2) is 41.5 Å². The molecule has 1 atom stereocenters. The van der Waals surface area contributed by atoms with Crippen molar-refractivity contribution in [2.45, 2.75) is 55.9 Å². The van der Waals surface area contributed by atoms with Crippen LogP contribution in [0.5, 0.6) is 5.75 Å². The summed E-state index contributed by atoms with van der Waals surface area (Å²) in [7, 11) is 1.65. The molecule has 1 unspecified atom stereocenters. The van der Waals surface area contributed by atoms with Gasteiger partial charge >= 0.3 is 5.97 Å². The van der Waals surface area contributed by atoms with E-state index in [1.807, 2.05) is 36.4 Å². The maximum atomic E-state index is 12.8. The number of amides is 2. The molecule has 8 nitrogen and oxygen atoms in total. The van der Waals surface area contributed by atoms with Gasteiger partial charge in [-0.1, -0.05) is 30.0 Å². The number of thiazole rings is 1. The number of rotatable bonds is 9. The Morgan fingerprint density at radius 3 is 2.57 bits per heavy atom. The fraction of sp³-hybridized carbons (Fsp3) is 0.360. The fourth-order valence-corrected chi connectivity index (χ4v) is 5.34. The number of benzene rings is 2. The van der Waals surface area contributed by atoms with E-state index in [-0.39, 0.29) is 6.42 Å². The third-order valence-electron chi connectivity index (χ3n) is 4.66. The zero-order chi connectivity index (χ0) is 25.6. The average molecular weight is 516 g/mol. The number of fused-ring (bicyclic) bond motifs is 1. The number of anilines is 1. The number of carbonyl (C=O) groups is 3. The Morgan fingerprint density at radius 2 is 1.89 bits per heavy atom. The molecule has 2 N–H and O–H groups in total. The smallest absolute Gasteiger partial charge is 0.308 e. The van der Waals surface area contributed by atoms with E-state index in [2.05, 4.69) is 15.6 Å². The minimum atomic E-state index is -1.05. The lowest BCUT2D eigenvalue weighted by molar-refractivity contribution is -0.156. The zero-order valence-corrected chi connectivity index (χ0v) is 22.0. The van der Waals surface area contributed by atoms with Crippen molar-refractivity contribution in [2.75, 3.05) is 12.4 Å². The van der Waals surface area contributed by atoms with Crippen LogP contribution in [0.1, 0.15) is 39.7 Å². The number of para-hydroxylation sites is 1. The van der Waals surface area contributed by atoms with Gasteiger partial charge in [-0.05, 0) is 45.0 Å². The van der Waals surface area contributed by atoms with Gasteiger partial charge in [0.1, 0.15) is 17.4 Å². The van der Waals surface area contributed by atoms with Gasteiger partial charge in [0.15, 0.2) is 4.34 Å². The SMILES string of the molecule is COc1ccccc1CSc1nc2ccc(NC(=O)C(CC(=O)OC(C)(C)C)NC(C)=O)cc2s1. The van der Waals surface area contributed by atoms with Gasteiger partial charge in [0.2, 0.25) is 11.8 Å². The van der Waals surface area contributed by atoms with Gasteiger partial charge in [0, 0.05) is 23.9 Å². The summed E-state index contributed by atoms with van der Waals surface area (Å²) in [5, 5.41) is 5.31. The predicted octanol–water partition coefficient (Wildman–Crippen LogP) is 4.77. The molecule has 35 heavy (non-hydrogen) atoms. The van der Waals surface area contributed by atoms with Crippen LogP contribution in [0.2, 0.25) is 0 Å². The molecule has 0 saturated carbocycles. The molecule has 0 spiro atoms. The standard InChI is InChI=1S/C25H29N3O5S2/c1-15(29)26-19(13-22(30)33-25(2,3)4)23(31)27-17-10-11-18-21(12-17)35-24(28-18)34-14-16-8-6-7-9-20(16)32-5/h6-12,19H,13-14H2,1-5H3,(H,26,29)(H,27,31). The number of methoxy groups -OCH3 is 1. The molecule has 0 radical (unpaired) electrons. The molecular weight excluding hydrogens is 486 g/mol. The normalized spacial score (nSPS) is 12.1. The van der Waals surface area contributed by atoms with Gasteiger partial charge in [-0.2, -0.15) is 0 Å². The maximum absolute atomic E-state index is 12.8. The van der Waals surface area contributed by atoms with Crippen molar-refractivity contribution >= 4 is 56.8 Å². The molecule has 1 aromatic heterocycles. The third-order valence-corrected chi connectivity index (χ3v) is 6.87. The first kappa shape index (κ1) is 26.5. The van der Waals surface area contributed by atoms with Crippen molar-refractivity contribution < 1.29 is 23.9 Å². The molecule has 2 aromatic carbocycles. The van der Waals surface area contributed by atoms with Crippen molar-refractivity contribution in [3.63, 3.8) is 0 Å².